The minimum atomic E-state index is 0.842. The van der Waals surface area contributed by atoms with Crippen molar-refractivity contribution in [3.05, 3.63) is 267 Å². The summed E-state index contributed by atoms with van der Waals surface area (Å²) in [4.78, 5) is 6.47. The van der Waals surface area contributed by atoms with Gasteiger partial charge in [-0.25, -0.2) is 0 Å². The van der Waals surface area contributed by atoms with E-state index in [-0.39, 0.29) is 0 Å². The molecule has 0 aliphatic rings. The van der Waals surface area contributed by atoms with Gasteiger partial charge in [0.1, 0.15) is 11.2 Å². The van der Waals surface area contributed by atoms with Crippen molar-refractivity contribution in [1.29, 1.82) is 0 Å². The first-order chi connectivity index (χ1) is 37.7. The molecule has 76 heavy (non-hydrogen) atoms. The second-order valence-electron chi connectivity index (χ2n) is 20.1. The van der Waals surface area contributed by atoms with Crippen LogP contribution in [0.5, 0.6) is 0 Å². The molecule has 0 saturated heterocycles. The van der Waals surface area contributed by atoms with Crippen molar-refractivity contribution < 1.29 is 4.42 Å². The van der Waals surface area contributed by atoms with Gasteiger partial charge < -0.3 is 18.7 Å². The zero-order valence-electron chi connectivity index (χ0n) is 41.2. The Morgan fingerprint density at radius 2 is 0.776 bits per heavy atom. The number of anilines is 3. The van der Waals surface area contributed by atoms with Crippen molar-refractivity contribution >= 4 is 98.9 Å². The highest BCUT2D eigenvalue weighted by Gasteiger charge is 2.26. The molecule has 12 aromatic carbocycles. The first kappa shape index (κ1) is 42.4. The molecule has 0 amide bonds. The lowest BCUT2D eigenvalue weighted by Gasteiger charge is -2.28. The van der Waals surface area contributed by atoms with E-state index in [0.29, 0.717) is 0 Å². The number of rotatable bonds is 8. The van der Waals surface area contributed by atoms with Crippen molar-refractivity contribution in [2.45, 2.75) is 0 Å². The van der Waals surface area contributed by atoms with Crippen LogP contribution < -0.4 is 4.90 Å². The minimum Gasteiger partial charge on any atom is -0.455 e. The van der Waals surface area contributed by atoms with Gasteiger partial charge in [-0.15, -0.1) is 0 Å². The summed E-state index contributed by atoms with van der Waals surface area (Å²) in [6.07, 6.45) is 0. The molecule has 4 heterocycles. The Morgan fingerprint density at radius 3 is 1.38 bits per heavy atom. The monoisotopic (exact) mass is 967 g/mol. The van der Waals surface area contributed by atoms with Gasteiger partial charge >= 0.3 is 0 Å². The summed E-state index contributed by atoms with van der Waals surface area (Å²) in [5.41, 5.74) is 21.9. The fourth-order valence-electron chi connectivity index (χ4n) is 12.3. The maximum Gasteiger partial charge on any atom is 0.143 e. The Labute approximate surface area is 437 Å². The van der Waals surface area contributed by atoms with Crippen LogP contribution in [0.25, 0.3) is 137 Å². The quantitative estimate of drug-likeness (QED) is 0.165. The van der Waals surface area contributed by atoms with Gasteiger partial charge in [0.15, 0.2) is 0 Å². The third-order valence-corrected chi connectivity index (χ3v) is 15.8. The van der Waals surface area contributed by atoms with Crippen LogP contribution in [0.4, 0.5) is 17.1 Å². The number of para-hydroxylation sites is 3. The van der Waals surface area contributed by atoms with Crippen molar-refractivity contribution in [1.82, 2.24) is 9.38 Å². The second-order valence-corrected chi connectivity index (χ2v) is 20.1. The molecule has 4 aromatic heterocycles. The third-order valence-electron chi connectivity index (χ3n) is 15.8. The summed E-state index contributed by atoms with van der Waals surface area (Å²) >= 11 is 0. The number of aromatic amines is 1. The molecule has 354 valence electrons. The Balaban J connectivity index is 1.04. The second kappa shape index (κ2) is 16.7. The number of fused-ring (bicyclic) bond motifs is 12. The van der Waals surface area contributed by atoms with Crippen LogP contribution in [0.1, 0.15) is 0 Å². The lowest BCUT2D eigenvalue weighted by Crippen LogP contribution is -2.11. The van der Waals surface area contributed by atoms with E-state index in [2.05, 4.69) is 281 Å². The molecular weight excluding hydrogens is 923 g/mol. The fraction of sp³-hybridized carbons (Fsp3) is 0. The van der Waals surface area contributed by atoms with Gasteiger partial charge in [0.05, 0.1) is 22.1 Å². The highest BCUT2D eigenvalue weighted by atomic mass is 16.3. The SMILES string of the molecule is c1ccc(-c2cc(-c3ccccc3)cc(N(c3cc(-c4cc(-c5ccccc5)cc5c4[nH]c4ccc(-c6ccccc6)cc45)c4oc5ccccc5c4c3)c3cc4c5ccccc5n5c6ccccc6c(c3)c45)c2)cc1. The van der Waals surface area contributed by atoms with E-state index in [1.165, 1.54) is 54.6 Å². The Morgan fingerprint density at radius 1 is 0.303 bits per heavy atom. The number of nitrogens with zero attached hydrogens (tertiary/aromatic N) is 2. The van der Waals surface area contributed by atoms with Crippen molar-refractivity contribution in [2.75, 3.05) is 4.90 Å². The molecule has 0 radical (unpaired) electrons. The smallest absolute Gasteiger partial charge is 0.143 e. The molecule has 0 aliphatic heterocycles. The standard InChI is InChI=1S/C72H45N3O/c1-5-19-45(20-6-1)49-33-34-66-59(38-49)60-39-52(48-25-11-4-12-26-48)40-61(70(60)73-66)65-44-55(43-64-58-29-15-18-32-69(58)76-72(64)65)74(53-36-50(46-21-7-2-8-22-46)35-51(37-53)47-23-9-3-10-24-47)54-41-62-56-27-13-16-30-67(56)75-68-31-17-14-28-57(68)63(42-54)71(62)75/h1-44,73H. The van der Waals surface area contributed by atoms with Crippen LogP contribution in [0.3, 0.4) is 0 Å². The highest BCUT2D eigenvalue weighted by molar-refractivity contribution is 6.25. The van der Waals surface area contributed by atoms with Gasteiger partial charge in [0.25, 0.3) is 0 Å². The maximum absolute atomic E-state index is 7.13. The van der Waals surface area contributed by atoms with Crippen LogP contribution in [0.15, 0.2) is 271 Å². The van der Waals surface area contributed by atoms with Gasteiger partial charge in [0.2, 0.25) is 0 Å². The average molecular weight is 968 g/mol. The molecule has 1 N–H and O–H groups in total. The fourth-order valence-corrected chi connectivity index (χ4v) is 12.3. The minimum absolute atomic E-state index is 0.842. The van der Waals surface area contributed by atoms with Crippen molar-refractivity contribution in [3.8, 4) is 55.6 Å². The summed E-state index contributed by atoms with van der Waals surface area (Å²) in [6.45, 7) is 0. The summed E-state index contributed by atoms with van der Waals surface area (Å²) in [5, 5.41) is 9.32. The predicted octanol–water partition coefficient (Wildman–Crippen LogP) is 20.2. The Kier molecular flexibility index (Phi) is 9.30. The van der Waals surface area contributed by atoms with Crippen LogP contribution in [-0.2, 0) is 0 Å². The first-order valence-electron chi connectivity index (χ1n) is 26.1. The van der Waals surface area contributed by atoms with E-state index >= 15 is 0 Å². The molecule has 0 aliphatic carbocycles. The molecule has 0 fully saturated rings. The molecule has 0 spiro atoms. The van der Waals surface area contributed by atoms with Crippen LogP contribution >= 0.6 is 0 Å². The van der Waals surface area contributed by atoms with E-state index < -0.39 is 0 Å². The molecule has 16 aromatic rings. The van der Waals surface area contributed by atoms with Gasteiger partial charge in [-0.05, 0) is 129 Å². The van der Waals surface area contributed by atoms with E-state index in [1.54, 1.807) is 0 Å². The number of aromatic nitrogens is 2. The van der Waals surface area contributed by atoms with E-state index in [0.717, 1.165) is 99.9 Å². The molecule has 0 atom stereocenters. The van der Waals surface area contributed by atoms with Crippen LogP contribution in [0.2, 0.25) is 0 Å². The van der Waals surface area contributed by atoms with E-state index in [9.17, 15) is 0 Å². The van der Waals surface area contributed by atoms with Gasteiger partial charge in [0, 0.05) is 76.8 Å². The summed E-state index contributed by atoms with van der Waals surface area (Å²) < 4.78 is 9.59. The number of nitrogens with one attached hydrogen (secondary N) is 1. The zero-order valence-corrected chi connectivity index (χ0v) is 41.2. The van der Waals surface area contributed by atoms with Crippen molar-refractivity contribution in [2.24, 2.45) is 0 Å². The Bertz CT molecular complexity index is 4770. The number of benzene rings is 12. The molecule has 16 rings (SSSR count). The molecule has 0 unspecified atom stereocenters. The predicted molar refractivity (Wildman–Crippen MR) is 320 cm³/mol. The molecule has 0 bridgehead atoms. The summed E-state index contributed by atoms with van der Waals surface area (Å²) in [7, 11) is 0. The average Bonchev–Trinajstić information content (AvgIpc) is 4.37. The van der Waals surface area contributed by atoms with E-state index in [1.807, 2.05) is 0 Å². The Hall–Kier alpha value is -10.2. The first-order valence-corrected chi connectivity index (χ1v) is 26.1. The third kappa shape index (κ3) is 6.57. The number of hydrogen-bond donors (Lipinski definition) is 1. The summed E-state index contributed by atoms with van der Waals surface area (Å²) in [6, 6.07) is 97.4. The largest absolute Gasteiger partial charge is 0.455 e. The van der Waals surface area contributed by atoms with Crippen LogP contribution in [-0.4, -0.2) is 9.38 Å². The van der Waals surface area contributed by atoms with E-state index in [4.69, 9.17) is 4.42 Å². The molecule has 4 nitrogen and oxygen atoms in total. The topological polar surface area (TPSA) is 36.6 Å². The molecular formula is C72H45N3O. The number of H-pyrrole nitrogens is 1. The maximum atomic E-state index is 7.13. The normalized spacial score (nSPS) is 11.9. The summed E-state index contributed by atoms with van der Waals surface area (Å²) in [5.74, 6) is 0. The van der Waals surface area contributed by atoms with Gasteiger partial charge in [-0.3, -0.25) is 0 Å². The molecule has 4 heteroatoms. The van der Waals surface area contributed by atoms with Crippen molar-refractivity contribution in [3.63, 3.8) is 0 Å². The van der Waals surface area contributed by atoms with Crippen LogP contribution in [0, 0.1) is 0 Å². The lowest BCUT2D eigenvalue weighted by atomic mass is 9.93. The number of hydrogen-bond acceptors (Lipinski definition) is 2. The highest BCUT2D eigenvalue weighted by Crippen LogP contribution is 2.50. The lowest BCUT2D eigenvalue weighted by molar-refractivity contribution is 0.670. The molecule has 0 saturated carbocycles. The van der Waals surface area contributed by atoms with Gasteiger partial charge in [-0.1, -0.05) is 182 Å². The van der Waals surface area contributed by atoms with Gasteiger partial charge in [-0.2, -0.15) is 0 Å². The zero-order chi connectivity index (χ0) is 49.8. The number of furan rings is 1.